The topological polar surface area (TPSA) is 74.8 Å². The number of aromatic nitrogens is 1. The maximum Gasteiger partial charge on any atom is 0.246 e. The van der Waals surface area contributed by atoms with Gasteiger partial charge < -0.3 is 15.0 Å². The van der Waals surface area contributed by atoms with Gasteiger partial charge in [-0.3, -0.25) is 14.5 Å². The summed E-state index contributed by atoms with van der Waals surface area (Å²) in [6.45, 7) is 5.47. The molecular formula is C21H26N4O3S. The number of nitrogens with one attached hydrogen (secondary N) is 1. The number of amides is 2. The van der Waals surface area contributed by atoms with Crippen LogP contribution in [-0.4, -0.2) is 66.4 Å². The van der Waals surface area contributed by atoms with Crippen molar-refractivity contribution in [3.8, 4) is 5.75 Å². The van der Waals surface area contributed by atoms with Gasteiger partial charge in [-0.1, -0.05) is 12.1 Å². The van der Waals surface area contributed by atoms with Crippen LogP contribution in [0.1, 0.15) is 16.3 Å². The van der Waals surface area contributed by atoms with E-state index < -0.39 is 0 Å². The van der Waals surface area contributed by atoms with Crippen LogP contribution in [-0.2, 0) is 16.2 Å². The van der Waals surface area contributed by atoms with E-state index in [0.717, 1.165) is 22.0 Å². The number of rotatable bonds is 7. The van der Waals surface area contributed by atoms with E-state index in [1.165, 1.54) is 0 Å². The average Bonchev–Trinajstić information content (AvgIpc) is 3.17. The first kappa shape index (κ1) is 21.0. The van der Waals surface area contributed by atoms with Gasteiger partial charge >= 0.3 is 0 Å². The number of benzene rings is 1. The summed E-state index contributed by atoms with van der Waals surface area (Å²) < 4.78 is 5.74. The van der Waals surface area contributed by atoms with Gasteiger partial charge in [0, 0.05) is 44.7 Å². The number of nitrogens with zero attached hydrogens (tertiary/aromatic N) is 3. The molecule has 1 fully saturated rings. The molecule has 1 aromatic heterocycles. The predicted molar refractivity (Wildman–Crippen MR) is 114 cm³/mol. The molecule has 7 nitrogen and oxygen atoms in total. The van der Waals surface area contributed by atoms with Crippen molar-refractivity contribution in [1.29, 1.82) is 0 Å². The highest BCUT2D eigenvalue weighted by molar-refractivity contribution is 7.09. The van der Waals surface area contributed by atoms with E-state index in [-0.39, 0.29) is 11.8 Å². The maximum atomic E-state index is 12.4. The molecule has 29 heavy (non-hydrogen) atoms. The van der Waals surface area contributed by atoms with Crippen molar-refractivity contribution < 1.29 is 14.3 Å². The molecule has 2 aromatic rings. The van der Waals surface area contributed by atoms with E-state index in [1.54, 1.807) is 24.5 Å². The van der Waals surface area contributed by atoms with Gasteiger partial charge in [-0.05, 0) is 30.7 Å². The minimum absolute atomic E-state index is 0.00111. The van der Waals surface area contributed by atoms with Crippen molar-refractivity contribution in [2.75, 3.05) is 39.8 Å². The largest absolute Gasteiger partial charge is 0.487 e. The SMILES string of the molecule is CNC(=O)CN1CCN(C(=O)/C=C/c2ccc(OCc3csc(C)n3)cc2)CC1. The number of carbonyl (C=O) groups is 2. The number of aryl methyl sites for hydroxylation is 1. The molecule has 0 spiro atoms. The minimum atomic E-state index is -0.0104. The first-order valence-electron chi connectivity index (χ1n) is 9.57. The molecule has 2 heterocycles. The summed E-state index contributed by atoms with van der Waals surface area (Å²) in [6, 6.07) is 7.63. The van der Waals surface area contributed by atoms with E-state index >= 15 is 0 Å². The molecule has 2 amide bonds. The number of hydrogen-bond acceptors (Lipinski definition) is 6. The summed E-state index contributed by atoms with van der Waals surface area (Å²) in [5.41, 5.74) is 1.87. The zero-order chi connectivity index (χ0) is 20.6. The molecule has 0 bridgehead atoms. The molecule has 154 valence electrons. The summed E-state index contributed by atoms with van der Waals surface area (Å²) in [5.74, 6) is 0.758. The second kappa shape index (κ2) is 10.2. The molecule has 0 saturated carbocycles. The standard InChI is InChI=1S/C21H26N4O3S/c1-16-23-18(15-29-16)14-28-19-6-3-17(4-7-19)5-8-21(27)25-11-9-24(10-12-25)13-20(26)22-2/h3-8,15H,9-14H2,1-2H3,(H,22,26)/b8-5+. The van der Waals surface area contributed by atoms with Crippen molar-refractivity contribution in [2.24, 2.45) is 0 Å². The predicted octanol–water partition coefficient (Wildman–Crippen LogP) is 1.93. The molecular weight excluding hydrogens is 388 g/mol. The molecule has 1 aliphatic rings. The van der Waals surface area contributed by atoms with Crippen LogP contribution < -0.4 is 10.1 Å². The number of ether oxygens (including phenoxy) is 1. The Kier molecular flexibility index (Phi) is 7.37. The number of piperazine rings is 1. The van der Waals surface area contributed by atoms with Crippen molar-refractivity contribution in [1.82, 2.24) is 20.1 Å². The number of carbonyl (C=O) groups excluding carboxylic acids is 2. The van der Waals surface area contributed by atoms with Gasteiger partial charge in [-0.25, -0.2) is 4.98 Å². The van der Waals surface area contributed by atoms with Gasteiger partial charge in [-0.15, -0.1) is 11.3 Å². The van der Waals surface area contributed by atoms with Crippen LogP contribution in [0, 0.1) is 6.92 Å². The quantitative estimate of drug-likeness (QED) is 0.701. The van der Waals surface area contributed by atoms with Gasteiger partial charge in [-0.2, -0.15) is 0 Å². The maximum absolute atomic E-state index is 12.4. The first-order chi connectivity index (χ1) is 14.0. The van der Waals surface area contributed by atoms with Gasteiger partial charge in [0.1, 0.15) is 12.4 Å². The summed E-state index contributed by atoms with van der Waals surface area (Å²) in [7, 11) is 1.63. The number of likely N-dealkylation sites (N-methyl/N-ethyl adjacent to an activating group) is 1. The average molecular weight is 415 g/mol. The highest BCUT2D eigenvalue weighted by Gasteiger charge is 2.20. The van der Waals surface area contributed by atoms with Gasteiger partial charge in [0.05, 0.1) is 17.2 Å². The molecule has 1 saturated heterocycles. The summed E-state index contributed by atoms with van der Waals surface area (Å²) in [6.07, 6.45) is 3.41. The Morgan fingerprint density at radius 3 is 2.55 bits per heavy atom. The molecule has 0 radical (unpaired) electrons. The van der Waals surface area contributed by atoms with Crippen LogP contribution in [0.3, 0.4) is 0 Å². The van der Waals surface area contributed by atoms with Crippen molar-refractivity contribution in [3.63, 3.8) is 0 Å². The molecule has 0 aliphatic carbocycles. The van der Waals surface area contributed by atoms with Gasteiger partial charge in [0.2, 0.25) is 11.8 Å². The molecule has 1 N–H and O–H groups in total. The third-order valence-electron chi connectivity index (χ3n) is 4.68. The molecule has 1 aliphatic heterocycles. The highest BCUT2D eigenvalue weighted by atomic mass is 32.1. The lowest BCUT2D eigenvalue weighted by Gasteiger charge is -2.33. The molecule has 8 heteroatoms. The lowest BCUT2D eigenvalue weighted by atomic mass is 10.2. The first-order valence-corrected chi connectivity index (χ1v) is 10.5. The van der Waals surface area contributed by atoms with Crippen LogP contribution in [0.5, 0.6) is 5.75 Å². The second-order valence-electron chi connectivity index (χ2n) is 6.82. The summed E-state index contributed by atoms with van der Waals surface area (Å²) >= 11 is 1.61. The van der Waals surface area contributed by atoms with E-state index in [4.69, 9.17) is 4.74 Å². The van der Waals surface area contributed by atoms with Crippen molar-refractivity contribution >= 4 is 29.2 Å². The van der Waals surface area contributed by atoms with Crippen LogP contribution in [0.25, 0.3) is 6.08 Å². The molecule has 0 atom stereocenters. The summed E-state index contributed by atoms with van der Waals surface area (Å²) in [4.78, 5) is 32.1. The van der Waals surface area contributed by atoms with Crippen molar-refractivity contribution in [2.45, 2.75) is 13.5 Å². The Morgan fingerprint density at radius 1 is 1.21 bits per heavy atom. The van der Waals surface area contributed by atoms with E-state index in [2.05, 4.69) is 15.2 Å². The van der Waals surface area contributed by atoms with Gasteiger partial charge in [0.15, 0.2) is 0 Å². The monoisotopic (exact) mass is 414 g/mol. The zero-order valence-corrected chi connectivity index (χ0v) is 17.6. The fraction of sp³-hybridized carbons (Fsp3) is 0.381. The Hall–Kier alpha value is -2.71. The molecule has 0 unspecified atom stereocenters. The Balaban J connectivity index is 1.44. The zero-order valence-electron chi connectivity index (χ0n) is 16.8. The van der Waals surface area contributed by atoms with E-state index in [0.29, 0.717) is 39.3 Å². The fourth-order valence-electron chi connectivity index (χ4n) is 2.99. The Bertz CT molecular complexity index is 855. The fourth-order valence-corrected chi connectivity index (χ4v) is 3.59. The molecule has 1 aromatic carbocycles. The normalized spacial score (nSPS) is 14.9. The number of thiazole rings is 1. The number of hydrogen-bond donors (Lipinski definition) is 1. The smallest absolute Gasteiger partial charge is 0.246 e. The Labute approximate surface area is 175 Å². The Morgan fingerprint density at radius 2 is 1.93 bits per heavy atom. The third kappa shape index (κ3) is 6.40. The van der Waals surface area contributed by atoms with Crippen LogP contribution >= 0.6 is 11.3 Å². The second-order valence-corrected chi connectivity index (χ2v) is 7.89. The third-order valence-corrected chi connectivity index (χ3v) is 5.50. The van der Waals surface area contributed by atoms with E-state index in [9.17, 15) is 9.59 Å². The minimum Gasteiger partial charge on any atom is -0.487 e. The van der Waals surface area contributed by atoms with Crippen LogP contribution in [0.2, 0.25) is 0 Å². The van der Waals surface area contributed by atoms with E-state index in [1.807, 2.05) is 47.5 Å². The van der Waals surface area contributed by atoms with Crippen LogP contribution in [0.15, 0.2) is 35.7 Å². The van der Waals surface area contributed by atoms with Crippen LogP contribution in [0.4, 0.5) is 0 Å². The lowest BCUT2D eigenvalue weighted by Crippen LogP contribution is -2.50. The van der Waals surface area contributed by atoms with Crippen molar-refractivity contribution in [3.05, 3.63) is 52.0 Å². The highest BCUT2D eigenvalue weighted by Crippen LogP contribution is 2.16. The summed E-state index contributed by atoms with van der Waals surface area (Å²) in [5, 5.41) is 5.65. The molecule has 3 rings (SSSR count). The van der Waals surface area contributed by atoms with Gasteiger partial charge in [0.25, 0.3) is 0 Å². The lowest BCUT2D eigenvalue weighted by molar-refractivity contribution is -0.128.